The SMILES string of the molecule is CO[C@@H]1CC(=O)c2cccc3c2[C@@]12Oc1ccc(OC(=O)CC(C)(C)C4=C(C)C(=O)C(C)=C(C)C4=O)c4c1[C@](O3)(O2)[C@@H]1O[C@@H]1C4=O. The lowest BCUT2D eigenvalue weighted by Crippen LogP contribution is -2.65. The van der Waals surface area contributed by atoms with Crippen molar-refractivity contribution in [2.24, 2.45) is 5.41 Å². The Morgan fingerprint density at radius 1 is 0.913 bits per heavy atom. The average molecular weight is 627 g/mol. The molecule has 2 spiro atoms. The molecule has 2 aromatic rings. The summed E-state index contributed by atoms with van der Waals surface area (Å²) >= 11 is 0. The summed E-state index contributed by atoms with van der Waals surface area (Å²) in [7, 11) is 1.47. The van der Waals surface area contributed by atoms with Gasteiger partial charge in [-0.3, -0.25) is 28.7 Å². The number of epoxide rings is 1. The van der Waals surface area contributed by atoms with Crippen molar-refractivity contribution in [2.75, 3.05) is 7.11 Å². The molecule has 3 aliphatic heterocycles. The first-order valence-corrected chi connectivity index (χ1v) is 15.1. The molecule has 11 nitrogen and oxygen atoms in total. The Hall–Kier alpha value is -4.45. The molecule has 0 aromatic heterocycles. The molecule has 2 aromatic carbocycles. The number of rotatable bonds is 5. The molecule has 3 heterocycles. The van der Waals surface area contributed by atoms with Gasteiger partial charge in [0.15, 0.2) is 35.3 Å². The van der Waals surface area contributed by atoms with E-state index in [1.54, 1.807) is 58.9 Å². The lowest BCUT2D eigenvalue weighted by atomic mass is 9.71. The number of hydrogen-bond donors (Lipinski definition) is 0. The maximum absolute atomic E-state index is 13.8. The van der Waals surface area contributed by atoms with Crippen LogP contribution in [0.1, 0.15) is 79.3 Å². The third-order valence-electron chi connectivity index (χ3n) is 10.1. The third kappa shape index (κ3) is 3.50. The van der Waals surface area contributed by atoms with E-state index in [1.807, 2.05) is 0 Å². The molecule has 46 heavy (non-hydrogen) atoms. The lowest BCUT2D eigenvalue weighted by Gasteiger charge is -2.56. The van der Waals surface area contributed by atoms with Gasteiger partial charge >= 0.3 is 5.97 Å². The number of allylic oxidation sites excluding steroid dienone is 4. The Kier molecular flexibility index (Phi) is 5.73. The van der Waals surface area contributed by atoms with Crippen molar-refractivity contribution >= 4 is 29.1 Å². The molecule has 1 saturated heterocycles. The average Bonchev–Trinajstić information content (AvgIpc) is 3.82. The van der Waals surface area contributed by atoms with E-state index in [1.165, 1.54) is 13.2 Å². The molecule has 236 valence electrons. The fourth-order valence-electron chi connectivity index (χ4n) is 7.79. The number of esters is 1. The summed E-state index contributed by atoms with van der Waals surface area (Å²) in [5.41, 5.74) is 1.26. The van der Waals surface area contributed by atoms with Crippen molar-refractivity contribution in [1.82, 2.24) is 0 Å². The summed E-state index contributed by atoms with van der Waals surface area (Å²) in [6.07, 6.45) is -2.86. The Labute approximate surface area is 263 Å². The van der Waals surface area contributed by atoms with Gasteiger partial charge in [0.25, 0.3) is 11.6 Å². The predicted molar refractivity (Wildman–Crippen MR) is 156 cm³/mol. The number of carbonyl (C=O) groups excluding carboxylic acids is 5. The number of methoxy groups -OCH3 is 1. The zero-order chi connectivity index (χ0) is 32.7. The number of carbonyl (C=O) groups is 5. The van der Waals surface area contributed by atoms with Crippen molar-refractivity contribution in [3.63, 3.8) is 0 Å². The highest BCUT2D eigenvalue weighted by molar-refractivity contribution is 6.25. The van der Waals surface area contributed by atoms with Gasteiger partial charge in [-0.05, 0) is 39.0 Å². The maximum Gasteiger partial charge on any atom is 0.312 e. The van der Waals surface area contributed by atoms with Crippen LogP contribution in [0, 0.1) is 5.41 Å². The minimum atomic E-state index is -1.66. The van der Waals surface area contributed by atoms with Crippen LogP contribution in [0.25, 0.3) is 0 Å². The van der Waals surface area contributed by atoms with Gasteiger partial charge in [-0.1, -0.05) is 26.0 Å². The minimum Gasteiger partial charge on any atom is -0.454 e. The highest BCUT2D eigenvalue weighted by Crippen LogP contribution is 2.65. The zero-order valence-electron chi connectivity index (χ0n) is 26.0. The van der Waals surface area contributed by atoms with E-state index in [0.717, 1.165) is 0 Å². The lowest BCUT2D eigenvalue weighted by molar-refractivity contribution is -0.390. The summed E-state index contributed by atoms with van der Waals surface area (Å²) in [6, 6.07) is 8.11. The Bertz CT molecular complexity index is 1950. The highest BCUT2D eigenvalue weighted by atomic mass is 16.8. The van der Waals surface area contributed by atoms with Gasteiger partial charge in [-0.2, -0.15) is 0 Å². The number of fused-ring (bicyclic) bond motifs is 1. The molecule has 11 heteroatoms. The Morgan fingerprint density at radius 2 is 1.61 bits per heavy atom. The van der Waals surface area contributed by atoms with Crippen LogP contribution in [0.2, 0.25) is 0 Å². The molecular formula is C35H30O11. The van der Waals surface area contributed by atoms with Crippen LogP contribution in [-0.4, -0.2) is 54.5 Å². The number of Topliss-reactive ketones (excluding diaryl/α,β-unsaturated/α-hetero) is 4. The van der Waals surface area contributed by atoms with Crippen LogP contribution in [0.3, 0.4) is 0 Å². The number of ketones is 4. The van der Waals surface area contributed by atoms with Crippen LogP contribution in [-0.2, 0) is 40.2 Å². The van der Waals surface area contributed by atoms with Crippen molar-refractivity contribution in [3.8, 4) is 17.2 Å². The molecule has 2 bridgehead atoms. The normalized spacial score (nSPS) is 30.3. The molecule has 0 amide bonds. The molecule has 8 rings (SSSR count). The van der Waals surface area contributed by atoms with Gasteiger partial charge in [-0.15, -0.1) is 0 Å². The predicted octanol–water partition coefficient (Wildman–Crippen LogP) is 4.19. The highest BCUT2D eigenvalue weighted by Gasteiger charge is 2.76. The summed E-state index contributed by atoms with van der Waals surface area (Å²) < 4.78 is 37.3. The van der Waals surface area contributed by atoms with Gasteiger partial charge in [0.1, 0.15) is 23.4 Å². The first kappa shape index (κ1) is 29.0. The van der Waals surface area contributed by atoms with Gasteiger partial charge in [0.2, 0.25) is 0 Å². The fourth-order valence-corrected chi connectivity index (χ4v) is 7.79. The van der Waals surface area contributed by atoms with E-state index in [9.17, 15) is 24.0 Å². The minimum absolute atomic E-state index is 0.0104. The van der Waals surface area contributed by atoms with Crippen LogP contribution in [0.4, 0.5) is 0 Å². The molecule has 0 unspecified atom stereocenters. The van der Waals surface area contributed by atoms with Crippen LogP contribution in [0.5, 0.6) is 17.2 Å². The smallest absolute Gasteiger partial charge is 0.312 e. The van der Waals surface area contributed by atoms with Crippen LogP contribution < -0.4 is 14.2 Å². The van der Waals surface area contributed by atoms with Gasteiger partial charge in [-0.25, -0.2) is 0 Å². The standard InChI is InChI=1S/C35H30O11/c1-14-15(2)29(39)25(16(3)28(14)38)33(4,5)13-23(37)42-19-10-11-21-27-24(19)30(40)31-32(43-31)35(27)45-20-9-7-8-17-18(36)12-22(41-6)34(44-21,46-35)26(17)20/h7-11,22,31-32H,12-13H2,1-6H3/t22-,31-,32-,34-,35+/m1/s1. The summed E-state index contributed by atoms with van der Waals surface area (Å²) in [4.78, 5) is 66.4. The maximum atomic E-state index is 13.8. The largest absolute Gasteiger partial charge is 0.454 e. The zero-order valence-corrected chi connectivity index (χ0v) is 26.0. The van der Waals surface area contributed by atoms with E-state index in [0.29, 0.717) is 33.6 Å². The van der Waals surface area contributed by atoms with Crippen LogP contribution in [0.15, 0.2) is 52.6 Å². The monoisotopic (exact) mass is 626 g/mol. The van der Waals surface area contributed by atoms with E-state index in [-0.39, 0.29) is 58.4 Å². The first-order chi connectivity index (χ1) is 21.8. The molecule has 0 N–H and O–H groups in total. The van der Waals surface area contributed by atoms with E-state index in [2.05, 4.69) is 0 Å². The summed E-state index contributed by atoms with van der Waals surface area (Å²) in [5, 5.41) is 0. The molecule has 0 radical (unpaired) electrons. The summed E-state index contributed by atoms with van der Waals surface area (Å²) in [6.45, 7) is 8.21. The van der Waals surface area contributed by atoms with E-state index in [4.69, 9.17) is 28.4 Å². The molecule has 0 saturated carbocycles. The van der Waals surface area contributed by atoms with Gasteiger partial charge < -0.3 is 23.7 Å². The van der Waals surface area contributed by atoms with E-state index < -0.39 is 47.1 Å². The van der Waals surface area contributed by atoms with Crippen molar-refractivity contribution < 1.29 is 52.4 Å². The Balaban J connectivity index is 1.19. The van der Waals surface area contributed by atoms with Crippen molar-refractivity contribution in [3.05, 3.63) is 74.9 Å². The number of hydrogen-bond acceptors (Lipinski definition) is 11. The number of benzene rings is 2. The van der Waals surface area contributed by atoms with Gasteiger partial charge in [0.05, 0.1) is 23.1 Å². The number of ether oxygens (including phenoxy) is 6. The Morgan fingerprint density at radius 3 is 2.35 bits per heavy atom. The topological polar surface area (TPSA) is 144 Å². The molecule has 6 aliphatic rings. The van der Waals surface area contributed by atoms with Crippen LogP contribution >= 0.6 is 0 Å². The summed E-state index contributed by atoms with van der Waals surface area (Å²) in [5.74, 6) is -4.52. The first-order valence-electron chi connectivity index (χ1n) is 15.1. The second-order valence-electron chi connectivity index (χ2n) is 13.3. The molecule has 5 atom stereocenters. The third-order valence-corrected chi connectivity index (χ3v) is 10.1. The second kappa shape index (κ2) is 9.09. The molecular weight excluding hydrogens is 596 g/mol. The molecule has 1 fully saturated rings. The quantitative estimate of drug-likeness (QED) is 0.204. The van der Waals surface area contributed by atoms with E-state index >= 15 is 0 Å². The fraction of sp³-hybridized carbons (Fsp3) is 0.400. The second-order valence-corrected chi connectivity index (χ2v) is 13.3. The van der Waals surface area contributed by atoms with Crippen molar-refractivity contribution in [1.29, 1.82) is 0 Å². The van der Waals surface area contributed by atoms with Gasteiger partial charge in [0, 0.05) is 46.8 Å². The van der Waals surface area contributed by atoms with Crippen molar-refractivity contribution in [2.45, 2.75) is 77.3 Å². The molecule has 3 aliphatic carbocycles.